The molecule has 88 heavy (non-hydrogen) atoms. The van der Waals surface area contributed by atoms with Crippen LogP contribution in [-0.2, 0) is 0 Å². The van der Waals surface area contributed by atoms with Crippen LogP contribution in [0, 0.1) is 0 Å². The van der Waals surface area contributed by atoms with E-state index in [0.717, 1.165) is 133 Å². The van der Waals surface area contributed by atoms with Crippen molar-refractivity contribution >= 4 is 132 Å². The highest BCUT2D eigenvalue weighted by Crippen LogP contribution is 2.51. The summed E-state index contributed by atoms with van der Waals surface area (Å²) < 4.78 is 19.3. The highest BCUT2D eigenvalue weighted by atomic mass is 16.3. The lowest BCUT2D eigenvalue weighted by molar-refractivity contribution is 0.668. The quantitative estimate of drug-likeness (QED) is 0.137. The maximum Gasteiger partial charge on any atom is 0.137 e. The van der Waals surface area contributed by atoms with Crippen LogP contribution < -0.4 is 9.80 Å². The molecule has 4 aromatic heterocycles. The topological polar surface area (TPSA) is 42.6 Å². The van der Waals surface area contributed by atoms with Gasteiger partial charge >= 0.3 is 0 Å². The van der Waals surface area contributed by atoms with Crippen molar-refractivity contribution in [2.24, 2.45) is 0 Å². The molecule has 0 atom stereocenters. The van der Waals surface area contributed by atoms with Gasteiger partial charge in [0, 0.05) is 112 Å². The molecule has 0 aliphatic carbocycles. The molecular formula is C82H52N4O2. The second-order valence-corrected chi connectivity index (χ2v) is 22.8. The van der Waals surface area contributed by atoms with Crippen molar-refractivity contribution in [2.75, 3.05) is 9.80 Å². The Kier molecular flexibility index (Phi) is 11.2. The molecule has 6 nitrogen and oxygen atoms in total. The number of nitrogens with zero attached hydrogens (tertiary/aromatic N) is 4. The molecule has 412 valence electrons. The van der Waals surface area contributed by atoms with Gasteiger partial charge < -0.3 is 27.8 Å². The van der Waals surface area contributed by atoms with E-state index < -0.39 is 0 Å². The third-order valence-corrected chi connectivity index (χ3v) is 17.8. The molecule has 0 amide bonds. The maximum absolute atomic E-state index is 7.28. The van der Waals surface area contributed by atoms with Crippen LogP contribution >= 0.6 is 0 Å². The van der Waals surface area contributed by atoms with Crippen molar-refractivity contribution in [3.63, 3.8) is 0 Å². The number of benzene rings is 14. The Bertz CT molecular complexity index is 5380. The van der Waals surface area contributed by atoms with Gasteiger partial charge in [-0.1, -0.05) is 170 Å². The number of hydrogen-bond acceptors (Lipinski definition) is 4. The fraction of sp³-hybridized carbons (Fsp3) is 0. The summed E-state index contributed by atoms with van der Waals surface area (Å²) in [6.07, 6.45) is 0. The summed E-state index contributed by atoms with van der Waals surface area (Å²) in [7, 11) is 0. The summed E-state index contributed by atoms with van der Waals surface area (Å²) in [5.41, 5.74) is 20.7. The van der Waals surface area contributed by atoms with E-state index in [1.165, 1.54) is 32.6 Å². The molecule has 0 N–H and O–H groups in total. The predicted octanol–water partition coefficient (Wildman–Crippen LogP) is 23.1. The van der Waals surface area contributed by atoms with E-state index >= 15 is 0 Å². The number of anilines is 6. The molecule has 4 heterocycles. The van der Waals surface area contributed by atoms with E-state index in [4.69, 9.17) is 8.83 Å². The number of hydrogen-bond donors (Lipinski definition) is 0. The molecule has 18 aromatic rings. The first-order valence-corrected chi connectivity index (χ1v) is 30.0. The minimum absolute atomic E-state index is 0.801. The fourth-order valence-corrected chi connectivity index (χ4v) is 14.1. The van der Waals surface area contributed by atoms with Crippen molar-refractivity contribution in [1.82, 2.24) is 9.13 Å². The van der Waals surface area contributed by atoms with Crippen LogP contribution in [0.15, 0.2) is 324 Å². The van der Waals surface area contributed by atoms with Crippen LogP contribution in [0.3, 0.4) is 0 Å². The monoisotopic (exact) mass is 1120 g/mol. The van der Waals surface area contributed by atoms with Crippen molar-refractivity contribution < 1.29 is 8.83 Å². The molecule has 0 spiro atoms. The molecule has 0 aliphatic rings. The number of fused-ring (bicyclic) bond motifs is 13. The zero-order valence-electron chi connectivity index (χ0n) is 47.6. The summed E-state index contributed by atoms with van der Waals surface area (Å²) in [5, 5.41) is 11.1. The zero-order chi connectivity index (χ0) is 57.8. The Morgan fingerprint density at radius 1 is 0.216 bits per heavy atom. The summed E-state index contributed by atoms with van der Waals surface area (Å²) in [4.78, 5) is 4.69. The molecule has 0 saturated carbocycles. The fourth-order valence-electron chi connectivity index (χ4n) is 14.1. The van der Waals surface area contributed by atoms with Crippen LogP contribution in [0.25, 0.3) is 132 Å². The standard InChI is InChI=1S/C82H52N4O2/c1-7-23-53(24-8-1)79-69-51-78-82(66-44-40-62(50-76(66)88-78)84(56-29-13-4-14-30-56)60-42-46-74-68(48-60)64-36-20-22-38-72(64)86(74)58-33-17-6-18-34-58)80(54-25-9-2-10-26-54)70(69)52-77-81(79)65-43-39-61(49-75(65)87-77)83(55-27-11-3-12-28-55)59-41-45-73-67(47-59)63-35-19-21-37-71(63)85(73)57-31-15-5-16-32-57/h1-52H. The smallest absolute Gasteiger partial charge is 0.137 e. The first-order chi connectivity index (χ1) is 43.7. The Hall–Kier alpha value is -11.9. The molecule has 14 aromatic carbocycles. The van der Waals surface area contributed by atoms with Crippen LogP contribution in [0.1, 0.15) is 0 Å². The van der Waals surface area contributed by atoms with Gasteiger partial charge in [0.1, 0.15) is 22.3 Å². The molecule has 0 fully saturated rings. The Morgan fingerprint density at radius 3 is 0.955 bits per heavy atom. The number of para-hydroxylation sites is 6. The number of rotatable bonds is 10. The molecule has 0 unspecified atom stereocenters. The molecule has 6 heteroatoms. The Morgan fingerprint density at radius 2 is 0.545 bits per heavy atom. The summed E-state index contributed by atoms with van der Waals surface area (Å²) >= 11 is 0. The van der Waals surface area contributed by atoms with E-state index in [0.29, 0.717) is 0 Å². The van der Waals surface area contributed by atoms with Crippen LogP contribution in [-0.4, -0.2) is 9.13 Å². The Balaban J connectivity index is 0.827. The molecule has 0 radical (unpaired) electrons. The third kappa shape index (κ3) is 7.76. The van der Waals surface area contributed by atoms with Crippen LogP contribution in [0.4, 0.5) is 34.1 Å². The van der Waals surface area contributed by atoms with Gasteiger partial charge in [0.05, 0.1) is 22.1 Å². The largest absolute Gasteiger partial charge is 0.456 e. The average molecular weight is 1130 g/mol. The molecule has 0 saturated heterocycles. The van der Waals surface area contributed by atoms with Crippen molar-refractivity contribution in [3.8, 4) is 33.6 Å². The summed E-state index contributed by atoms with van der Waals surface area (Å²) in [5.74, 6) is 0. The Labute approximate surface area is 506 Å². The van der Waals surface area contributed by atoms with Crippen LogP contribution in [0.2, 0.25) is 0 Å². The second kappa shape index (κ2) is 19.9. The van der Waals surface area contributed by atoms with Gasteiger partial charge in [0.25, 0.3) is 0 Å². The SMILES string of the molecule is c1ccc(-c2c3cc4oc5cc(N(c6ccccc6)c6ccc7c(c6)c6ccccc6n7-c6ccccc6)ccc5c4c(-c4ccccc4)c3cc3oc4cc(N(c5ccccc5)c5ccc6c(c5)c5ccccc5n6-c5ccccc5)ccc4c23)cc1. The van der Waals surface area contributed by atoms with Gasteiger partial charge in [-0.05, 0) is 155 Å². The minimum Gasteiger partial charge on any atom is -0.456 e. The number of aromatic nitrogens is 2. The van der Waals surface area contributed by atoms with Crippen molar-refractivity contribution in [1.29, 1.82) is 0 Å². The second-order valence-electron chi connectivity index (χ2n) is 22.8. The molecular weight excluding hydrogens is 1070 g/mol. The first kappa shape index (κ1) is 49.6. The van der Waals surface area contributed by atoms with E-state index in [1.54, 1.807) is 0 Å². The van der Waals surface area contributed by atoms with E-state index in [2.05, 4.69) is 334 Å². The highest BCUT2D eigenvalue weighted by molar-refractivity contribution is 6.29. The lowest BCUT2D eigenvalue weighted by Crippen LogP contribution is -2.09. The van der Waals surface area contributed by atoms with Crippen molar-refractivity contribution in [2.45, 2.75) is 0 Å². The lowest BCUT2D eigenvalue weighted by Gasteiger charge is -2.25. The zero-order valence-corrected chi connectivity index (χ0v) is 47.6. The minimum atomic E-state index is 0.801. The van der Waals surface area contributed by atoms with E-state index in [1.807, 2.05) is 0 Å². The number of furan rings is 2. The van der Waals surface area contributed by atoms with Gasteiger partial charge in [0.15, 0.2) is 0 Å². The summed E-state index contributed by atoms with van der Waals surface area (Å²) in [6, 6.07) is 113. The normalized spacial score (nSPS) is 11.9. The van der Waals surface area contributed by atoms with Crippen LogP contribution in [0.5, 0.6) is 0 Å². The van der Waals surface area contributed by atoms with Gasteiger partial charge in [0.2, 0.25) is 0 Å². The lowest BCUT2D eigenvalue weighted by atomic mass is 9.87. The summed E-state index contributed by atoms with van der Waals surface area (Å²) in [6.45, 7) is 0. The van der Waals surface area contributed by atoms with Crippen molar-refractivity contribution in [3.05, 3.63) is 315 Å². The molecule has 18 rings (SSSR count). The molecule has 0 aliphatic heterocycles. The third-order valence-electron chi connectivity index (χ3n) is 17.8. The highest BCUT2D eigenvalue weighted by Gasteiger charge is 2.26. The average Bonchev–Trinajstić information content (AvgIpc) is 1.54. The first-order valence-electron chi connectivity index (χ1n) is 30.0. The van der Waals surface area contributed by atoms with Gasteiger partial charge in [-0.2, -0.15) is 0 Å². The van der Waals surface area contributed by atoms with Gasteiger partial charge in [-0.3, -0.25) is 0 Å². The molecule has 0 bridgehead atoms. The van der Waals surface area contributed by atoms with E-state index in [9.17, 15) is 0 Å². The maximum atomic E-state index is 7.28. The van der Waals surface area contributed by atoms with Gasteiger partial charge in [-0.25, -0.2) is 0 Å². The van der Waals surface area contributed by atoms with Gasteiger partial charge in [-0.15, -0.1) is 0 Å². The predicted molar refractivity (Wildman–Crippen MR) is 367 cm³/mol. The van der Waals surface area contributed by atoms with E-state index in [-0.39, 0.29) is 0 Å².